The molecule has 0 aromatic heterocycles. The van der Waals surface area contributed by atoms with Crippen LogP contribution in [0, 0.1) is 5.82 Å². The molecule has 6 nitrogen and oxygen atoms in total. The summed E-state index contributed by atoms with van der Waals surface area (Å²) in [5, 5.41) is 0. The summed E-state index contributed by atoms with van der Waals surface area (Å²) in [5.41, 5.74) is 0.206. The van der Waals surface area contributed by atoms with E-state index < -0.39 is 20.7 Å². The van der Waals surface area contributed by atoms with Crippen molar-refractivity contribution in [1.29, 1.82) is 0 Å². The second-order valence-corrected chi connectivity index (χ2v) is 8.17. The van der Waals surface area contributed by atoms with Gasteiger partial charge >= 0.3 is 0 Å². The predicted octanol–water partition coefficient (Wildman–Crippen LogP) is 1.04. The van der Waals surface area contributed by atoms with Crippen molar-refractivity contribution in [2.45, 2.75) is 30.2 Å². The van der Waals surface area contributed by atoms with E-state index in [1.54, 1.807) is 4.90 Å². The Balaban J connectivity index is 1.83. The van der Waals surface area contributed by atoms with Crippen LogP contribution in [-0.2, 0) is 10.0 Å². The summed E-state index contributed by atoms with van der Waals surface area (Å²) < 4.78 is 41.0. The van der Waals surface area contributed by atoms with Gasteiger partial charge in [-0.25, -0.2) is 17.5 Å². The highest BCUT2D eigenvalue weighted by Gasteiger charge is 2.30. The number of sulfonamides is 1. The molecule has 1 saturated heterocycles. The van der Waals surface area contributed by atoms with E-state index in [0.29, 0.717) is 13.1 Å². The third-order valence-corrected chi connectivity index (χ3v) is 5.91. The van der Waals surface area contributed by atoms with E-state index in [1.807, 2.05) is 7.05 Å². The van der Waals surface area contributed by atoms with Crippen molar-refractivity contribution < 1.29 is 17.6 Å². The third-order valence-electron chi connectivity index (χ3n) is 4.37. The molecule has 0 unspecified atom stereocenters. The van der Waals surface area contributed by atoms with Gasteiger partial charge in [0, 0.05) is 31.2 Å². The molecule has 1 heterocycles. The minimum atomic E-state index is -3.93. The zero-order chi connectivity index (χ0) is 17.3. The molecule has 1 saturated carbocycles. The van der Waals surface area contributed by atoms with Gasteiger partial charge in [-0.3, -0.25) is 4.79 Å². The Morgan fingerprint density at radius 1 is 1.21 bits per heavy atom. The van der Waals surface area contributed by atoms with Gasteiger partial charge in [-0.2, -0.15) is 0 Å². The Labute approximate surface area is 141 Å². The van der Waals surface area contributed by atoms with E-state index in [4.69, 9.17) is 0 Å². The van der Waals surface area contributed by atoms with Crippen LogP contribution >= 0.6 is 0 Å². The highest BCUT2D eigenvalue weighted by atomic mass is 32.2. The van der Waals surface area contributed by atoms with Crippen LogP contribution in [-0.4, -0.2) is 63.4 Å². The first kappa shape index (κ1) is 17.3. The SMILES string of the molecule is CN1CCCN(C(=O)c2ccc(F)c(S(=O)(=O)NC3CC3)c2)CC1. The molecule has 2 fully saturated rings. The van der Waals surface area contributed by atoms with E-state index in [9.17, 15) is 17.6 Å². The number of amides is 1. The number of rotatable bonds is 4. The molecule has 1 N–H and O–H groups in total. The second-order valence-electron chi connectivity index (χ2n) is 6.49. The number of likely N-dealkylation sites (N-methyl/N-ethyl adjacent to an activating group) is 1. The molecule has 8 heteroatoms. The van der Waals surface area contributed by atoms with Crippen molar-refractivity contribution in [3.63, 3.8) is 0 Å². The Hall–Kier alpha value is -1.51. The van der Waals surface area contributed by atoms with Crippen LogP contribution in [0.5, 0.6) is 0 Å². The van der Waals surface area contributed by atoms with Crippen molar-refractivity contribution in [3.8, 4) is 0 Å². The molecule has 1 aliphatic heterocycles. The van der Waals surface area contributed by atoms with E-state index in [2.05, 4.69) is 9.62 Å². The number of carbonyl (C=O) groups is 1. The lowest BCUT2D eigenvalue weighted by atomic mass is 10.2. The summed E-state index contributed by atoms with van der Waals surface area (Å²) in [6, 6.07) is 3.44. The zero-order valence-corrected chi connectivity index (χ0v) is 14.5. The molecule has 0 radical (unpaired) electrons. The van der Waals surface area contributed by atoms with E-state index in [1.165, 1.54) is 6.07 Å². The van der Waals surface area contributed by atoms with Crippen LogP contribution in [0.4, 0.5) is 4.39 Å². The molecule has 0 atom stereocenters. The molecule has 132 valence electrons. The molecule has 1 aliphatic carbocycles. The van der Waals surface area contributed by atoms with Crippen LogP contribution < -0.4 is 4.72 Å². The summed E-state index contributed by atoms with van der Waals surface area (Å²) in [4.78, 5) is 16.0. The Bertz CT molecular complexity index is 734. The van der Waals surface area contributed by atoms with Crippen LogP contribution in [0.2, 0.25) is 0 Å². The van der Waals surface area contributed by atoms with Crippen molar-refractivity contribution >= 4 is 15.9 Å². The van der Waals surface area contributed by atoms with Gasteiger partial charge < -0.3 is 9.80 Å². The van der Waals surface area contributed by atoms with Crippen molar-refractivity contribution in [3.05, 3.63) is 29.6 Å². The number of nitrogens with one attached hydrogen (secondary N) is 1. The van der Waals surface area contributed by atoms with Crippen LogP contribution in [0.3, 0.4) is 0 Å². The normalized spacial score (nSPS) is 20.0. The Morgan fingerprint density at radius 2 is 1.96 bits per heavy atom. The standard InChI is InChI=1S/C16H22FN3O3S/c1-19-7-2-8-20(10-9-19)16(21)12-3-6-14(17)15(11-12)24(22,23)18-13-4-5-13/h3,6,11,13,18H,2,4-5,7-10H2,1H3. The van der Waals surface area contributed by atoms with Crippen LogP contribution in [0.25, 0.3) is 0 Å². The van der Waals surface area contributed by atoms with Crippen molar-refractivity contribution in [2.24, 2.45) is 0 Å². The first-order valence-corrected chi connectivity index (χ1v) is 9.65. The maximum atomic E-state index is 14.0. The fourth-order valence-corrected chi connectivity index (χ4v) is 4.17. The first-order valence-electron chi connectivity index (χ1n) is 8.16. The Kier molecular flexibility index (Phi) is 4.89. The summed E-state index contributed by atoms with van der Waals surface area (Å²) in [6.07, 6.45) is 2.39. The molecular weight excluding hydrogens is 333 g/mol. The van der Waals surface area contributed by atoms with E-state index in [-0.39, 0.29) is 17.5 Å². The number of benzene rings is 1. The smallest absolute Gasteiger partial charge is 0.253 e. The van der Waals surface area contributed by atoms with Gasteiger partial charge in [-0.05, 0) is 51.1 Å². The van der Waals surface area contributed by atoms with Gasteiger partial charge in [0.25, 0.3) is 5.91 Å². The number of carbonyl (C=O) groups excluding carboxylic acids is 1. The molecular formula is C16H22FN3O3S. The maximum absolute atomic E-state index is 14.0. The maximum Gasteiger partial charge on any atom is 0.253 e. The van der Waals surface area contributed by atoms with Crippen molar-refractivity contribution in [1.82, 2.24) is 14.5 Å². The molecule has 3 rings (SSSR count). The summed E-state index contributed by atoms with van der Waals surface area (Å²) in [7, 11) is -1.93. The minimum Gasteiger partial charge on any atom is -0.337 e. The second kappa shape index (κ2) is 6.78. The first-order chi connectivity index (χ1) is 11.4. The molecule has 24 heavy (non-hydrogen) atoms. The molecule has 1 aromatic rings. The van der Waals surface area contributed by atoms with Gasteiger partial charge in [0.15, 0.2) is 0 Å². The molecule has 0 spiro atoms. The van der Waals surface area contributed by atoms with E-state index in [0.717, 1.165) is 44.5 Å². The lowest BCUT2D eigenvalue weighted by molar-refractivity contribution is 0.0762. The molecule has 1 amide bonds. The van der Waals surface area contributed by atoms with Crippen LogP contribution in [0.1, 0.15) is 29.6 Å². The lowest BCUT2D eigenvalue weighted by Gasteiger charge is -2.21. The fraction of sp³-hybridized carbons (Fsp3) is 0.562. The largest absolute Gasteiger partial charge is 0.337 e. The lowest BCUT2D eigenvalue weighted by Crippen LogP contribution is -2.34. The van der Waals surface area contributed by atoms with Crippen LogP contribution in [0.15, 0.2) is 23.1 Å². The van der Waals surface area contributed by atoms with Crippen molar-refractivity contribution in [2.75, 3.05) is 33.2 Å². The van der Waals surface area contributed by atoms with Gasteiger partial charge in [0.1, 0.15) is 10.7 Å². The summed E-state index contributed by atoms with van der Waals surface area (Å²) in [5.74, 6) is -1.09. The number of halogens is 1. The quantitative estimate of drug-likeness (QED) is 0.876. The average Bonchev–Trinajstić information content (AvgIpc) is 3.34. The fourth-order valence-electron chi connectivity index (χ4n) is 2.76. The minimum absolute atomic E-state index is 0.116. The van der Waals surface area contributed by atoms with Gasteiger partial charge in [0.05, 0.1) is 0 Å². The van der Waals surface area contributed by atoms with E-state index >= 15 is 0 Å². The zero-order valence-electron chi connectivity index (χ0n) is 13.7. The molecule has 2 aliphatic rings. The number of hydrogen-bond acceptors (Lipinski definition) is 4. The number of hydrogen-bond donors (Lipinski definition) is 1. The summed E-state index contributed by atoms with van der Waals surface area (Å²) in [6.45, 7) is 2.87. The number of nitrogens with zero attached hydrogens (tertiary/aromatic N) is 2. The highest BCUT2D eigenvalue weighted by molar-refractivity contribution is 7.89. The molecule has 0 bridgehead atoms. The average molecular weight is 355 g/mol. The Morgan fingerprint density at radius 3 is 2.67 bits per heavy atom. The monoisotopic (exact) mass is 355 g/mol. The third kappa shape index (κ3) is 3.93. The topological polar surface area (TPSA) is 69.7 Å². The highest BCUT2D eigenvalue weighted by Crippen LogP contribution is 2.24. The molecule has 1 aromatic carbocycles. The summed E-state index contributed by atoms with van der Waals surface area (Å²) >= 11 is 0. The van der Waals surface area contributed by atoms with Gasteiger partial charge in [-0.1, -0.05) is 0 Å². The van der Waals surface area contributed by atoms with Gasteiger partial charge in [-0.15, -0.1) is 0 Å². The predicted molar refractivity (Wildman–Crippen MR) is 87.8 cm³/mol. The van der Waals surface area contributed by atoms with Gasteiger partial charge in [0.2, 0.25) is 10.0 Å².